The molecule has 1 heterocycles. The number of ketones is 1. The maximum absolute atomic E-state index is 12.7. The smallest absolute Gasteiger partial charge is 0.224 e. The van der Waals surface area contributed by atoms with Crippen LogP contribution < -0.4 is 10.5 Å². The monoisotopic (exact) mass is 402 g/mol. The molecule has 2 N–H and O–H groups in total. The van der Waals surface area contributed by atoms with Crippen LogP contribution in [-0.2, 0) is 4.79 Å². The van der Waals surface area contributed by atoms with Crippen LogP contribution in [0.2, 0.25) is 0 Å². The van der Waals surface area contributed by atoms with Gasteiger partial charge in [-0.25, -0.2) is 0 Å². The highest BCUT2D eigenvalue weighted by molar-refractivity contribution is 5.98. The number of rotatable bonds is 6. The summed E-state index contributed by atoms with van der Waals surface area (Å²) in [6.07, 6.45) is 1.68. The lowest BCUT2D eigenvalue weighted by Gasteiger charge is -2.32. The quantitative estimate of drug-likeness (QED) is 0.749. The molecule has 5 nitrogen and oxygen atoms in total. The van der Waals surface area contributed by atoms with E-state index in [-0.39, 0.29) is 36.1 Å². The Labute approximate surface area is 172 Å². The number of ether oxygens (including phenoxy) is 1. The van der Waals surface area contributed by atoms with E-state index < -0.39 is 0 Å². The van der Waals surface area contributed by atoms with Gasteiger partial charge < -0.3 is 15.4 Å². The van der Waals surface area contributed by atoms with Gasteiger partial charge in [-0.3, -0.25) is 9.59 Å². The highest BCUT2D eigenvalue weighted by Crippen LogP contribution is 2.24. The third-order valence-electron chi connectivity index (χ3n) is 5.22. The first-order chi connectivity index (χ1) is 13.1. The predicted octanol–water partition coefficient (Wildman–Crippen LogP) is 3.63. The lowest BCUT2D eigenvalue weighted by atomic mass is 9.88. The minimum absolute atomic E-state index is 0. The zero-order valence-corrected chi connectivity index (χ0v) is 16.9. The van der Waals surface area contributed by atoms with E-state index in [1.807, 2.05) is 35.2 Å². The number of likely N-dealkylation sites (tertiary alicyclic amines) is 1. The molecule has 2 aromatic rings. The molecule has 1 aliphatic rings. The van der Waals surface area contributed by atoms with Crippen LogP contribution in [-0.4, -0.2) is 36.8 Å². The maximum Gasteiger partial charge on any atom is 0.224 e. The molecule has 150 valence electrons. The lowest BCUT2D eigenvalue weighted by Crippen LogP contribution is -2.41. The number of nitrogens with zero attached hydrogens (tertiary/aromatic N) is 1. The van der Waals surface area contributed by atoms with Gasteiger partial charge in [-0.2, -0.15) is 0 Å². The van der Waals surface area contributed by atoms with Gasteiger partial charge >= 0.3 is 0 Å². The van der Waals surface area contributed by atoms with Crippen LogP contribution >= 0.6 is 12.4 Å². The molecule has 2 aromatic carbocycles. The fraction of sp³-hybridized carbons (Fsp3) is 0.364. The number of Topliss-reactive ketones (excluding diaryl/α,β-unsaturated/α-hetero) is 1. The Bertz CT molecular complexity index is 772. The molecule has 0 bridgehead atoms. The number of amides is 1. The highest BCUT2D eigenvalue weighted by atomic mass is 35.5. The van der Waals surface area contributed by atoms with Crippen molar-refractivity contribution in [2.75, 3.05) is 20.2 Å². The van der Waals surface area contributed by atoms with Crippen LogP contribution in [0, 0.1) is 5.92 Å². The van der Waals surface area contributed by atoms with Crippen molar-refractivity contribution < 1.29 is 14.3 Å². The van der Waals surface area contributed by atoms with Crippen molar-refractivity contribution in [2.45, 2.75) is 25.3 Å². The Kier molecular flexibility index (Phi) is 8.03. The third-order valence-corrected chi connectivity index (χ3v) is 5.22. The van der Waals surface area contributed by atoms with Crippen molar-refractivity contribution in [3.63, 3.8) is 0 Å². The fourth-order valence-corrected chi connectivity index (χ4v) is 3.52. The second-order valence-electron chi connectivity index (χ2n) is 6.97. The average molecular weight is 403 g/mol. The standard InChI is InChI=1S/C22H26N2O3.ClH/c1-27-19-9-7-17(8-10-19)22(26)18-11-13-24(14-12-18)21(25)15-20(23)16-5-3-2-4-6-16;/h2-10,18,20H,11-15,23H2,1H3;1H. The van der Waals surface area contributed by atoms with Crippen LogP contribution in [0.4, 0.5) is 0 Å². The van der Waals surface area contributed by atoms with E-state index in [9.17, 15) is 9.59 Å². The molecule has 1 aliphatic heterocycles. The zero-order valence-electron chi connectivity index (χ0n) is 16.0. The molecule has 0 aromatic heterocycles. The third kappa shape index (κ3) is 5.33. The summed E-state index contributed by atoms with van der Waals surface area (Å²) < 4.78 is 5.13. The number of benzene rings is 2. The molecule has 28 heavy (non-hydrogen) atoms. The molecule has 1 unspecified atom stereocenters. The van der Waals surface area contributed by atoms with Gasteiger partial charge in [0.25, 0.3) is 0 Å². The lowest BCUT2D eigenvalue weighted by molar-refractivity contribution is -0.132. The van der Waals surface area contributed by atoms with Crippen molar-refractivity contribution >= 4 is 24.1 Å². The van der Waals surface area contributed by atoms with E-state index in [0.29, 0.717) is 37.9 Å². The summed E-state index contributed by atoms with van der Waals surface area (Å²) in [6.45, 7) is 1.21. The molecule has 1 amide bonds. The average Bonchev–Trinajstić information content (AvgIpc) is 2.74. The molecule has 0 spiro atoms. The molecule has 1 fully saturated rings. The van der Waals surface area contributed by atoms with Crippen LogP contribution in [0.3, 0.4) is 0 Å². The van der Waals surface area contributed by atoms with Crippen LogP contribution in [0.25, 0.3) is 0 Å². The Morgan fingerprint density at radius 3 is 2.25 bits per heavy atom. The number of halogens is 1. The summed E-state index contributed by atoms with van der Waals surface area (Å²) in [5, 5.41) is 0. The molecule has 6 heteroatoms. The molecule has 3 rings (SSSR count). The first-order valence-electron chi connectivity index (χ1n) is 9.35. The minimum Gasteiger partial charge on any atom is -0.497 e. The Hall–Kier alpha value is -2.37. The first kappa shape index (κ1) is 21.9. The molecule has 0 radical (unpaired) electrons. The summed E-state index contributed by atoms with van der Waals surface area (Å²) in [7, 11) is 1.60. The van der Waals surface area contributed by atoms with E-state index in [1.54, 1.807) is 31.4 Å². The first-order valence-corrected chi connectivity index (χ1v) is 9.35. The summed E-state index contributed by atoms with van der Waals surface area (Å²) >= 11 is 0. The summed E-state index contributed by atoms with van der Waals surface area (Å²) in [4.78, 5) is 27.1. The van der Waals surface area contributed by atoms with Gasteiger partial charge in [-0.05, 0) is 42.7 Å². The van der Waals surface area contributed by atoms with Gasteiger partial charge in [-0.15, -0.1) is 12.4 Å². The van der Waals surface area contributed by atoms with Gasteiger partial charge in [0.15, 0.2) is 5.78 Å². The number of nitrogens with two attached hydrogens (primary N) is 1. The topological polar surface area (TPSA) is 72.6 Å². The summed E-state index contributed by atoms with van der Waals surface area (Å²) in [5.41, 5.74) is 7.83. The number of hydrogen-bond donors (Lipinski definition) is 1. The summed E-state index contributed by atoms with van der Waals surface area (Å²) in [5.74, 6) is 0.902. The van der Waals surface area contributed by atoms with Crippen LogP contribution in [0.15, 0.2) is 54.6 Å². The molecule has 0 saturated carbocycles. The van der Waals surface area contributed by atoms with Crippen molar-refractivity contribution in [2.24, 2.45) is 11.7 Å². The van der Waals surface area contributed by atoms with Gasteiger partial charge in [0, 0.05) is 37.0 Å². The maximum atomic E-state index is 12.7. The normalized spacial score (nSPS) is 15.4. The number of carbonyl (C=O) groups is 2. The van der Waals surface area contributed by atoms with Gasteiger partial charge in [0.1, 0.15) is 5.75 Å². The minimum atomic E-state index is -0.294. The second-order valence-corrected chi connectivity index (χ2v) is 6.97. The van der Waals surface area contributed by atoms with Crippen LogP contribution in [0.5, 0.6) is 5.75 Å². The molecule has 1 saturated heterocycles. The van der Waals surface area contributed by atoms with Crippen molar-refractivity contribution in [1.82, 2.24) is 4.90 Å². The summed E-state index contributed by atoms with van der Waals surface area (Å²) in [6, 6.07) is 16.6. The zero-order chi connectivity index (χ0) is 19.2. The number of piperidine rings is 1. The molecular weight excluding hydrogens is 376 g/mol. The van der Waals surface area contributed by atoms with E-state index in [1.165, 1.54) is 0 Å². The molecular formula is C22H27ClN2O3. The predicted molar refractivity (Wildman–Crippen MR) is 112 cm³/mol. The van der Waals surface area contributed by atoms with Crippen molar-refractivity contribution in [1.29, 1.82) is 0 Å². The molecule has 0 aliphatic carbocycles. The number of hydrogen-bond acceptors (Lipinski definition) is 4. The van der Waals surface area contributed by atoms with Gasteiger partial charge in [0.05, 0.1) is 7.11 Å². The van der Waals surface area contributed by atoms with E-state index in [0.717, 1.165) is 11.3 Å². The van der Waals surface area contributed by atoms with Gasteiger partial charge in [-0.1, -0.05) is 30.3 Å². The molecule has 1 atom stereocenters. The number of methoxy groups -OCH3 is 1. The van der Waals surface area contributed by atoms with Crippen molar-refractivity contribution in [3.05, 3.63) is 65.7 Å². The fourth-order valence-electron chi connectivity index (χ4n) is 3.52. The van der Waals surface area contributed by atoms with Crippen LogP contribution in [0.1, 0.15) is 41.2 Å². The van der Waals surface area contributed by atoms with Gasteiger partial charge in [0.2, 0.25) is 5.91 Å². The largest absolute Gasteiger partial charge is 0.497 e. The van der Waals surface area contributed by atoms with E-state index >= 15 is 0 Å². The highest BCUT2D eigenvalue weighted by Gasteiger charge is 2.28. The SMILES string of the molecule is COc1ccc(C(=O)C2CCN(C(=O)CC(N)c3ccccc3)CC2)cc1.Cl. The van der Waals surface area contributed by atoms with E-state index in [2.05, 4.69) is 0 Å². The van der Waals surface area contributed by atoms with Crippen molar-refractivity contribution in [3.8, 4) is 5.75 Å². The number of carbonyl (C=O) groups excluding carboxylic acids is 2. The second kappa shape index (κ2) is 10.2. The Morgan fingerprint density at radius 2 is 1.68 bits per heavy atom. The Balaban J connectivity index is 0.00000280. The van der Waals surface area contributed by atoms with E-state index in [4.69, 9.17) is 10.5 Å². The Morgan fingerprint density at radius 1 is 1.07 bits per heavy atom.